The van der Waals surface area contributed by atoms with Crippen molar-refractivity contribution in [2.75, 3.05) is 12.4 Å². The van der Waals surface area contributed by atoms with Crippen LogP contribution in [-0.4, -0.2) is 40.0 Å². The molecule has 1 aliphatic heterocycles. The Morgan fingerprint density at radius 1 is 1.42 bits per heavy atom. The van der Waals surface area contributed by atoms with Gasteiger partial charge in [0.05, 0.1) is 12.8 Å². The summed E-state index contributed by atoms with van der Waals surface area (Å²) >= 11 is 5.05. The van der Waals surface area contributed by atoms with Crippen molar-refractivity contribution in [1.29, 1.82) is 0 Å². The van der Waals surface area contributed by atoms with Gasteiger partial charge in [0.1, 0.15) is 5.75 Å². The quantitative estimate of drug-likeness (QED) is 0.809. The maximum atomic E-state index is 13.4. The van der Waals surface area contributed by atoms with Gasteiger partial charge in [0.25, 0.3) is 5.72 Å². The van der Waals surface area contributed by atoms with E-state index in [1.54, 1.807) is 38.1 Å². The van der Waals surface area contributed by atoms with Crippen LogP contribution >= 0.6 is 12.2 Å². The number of hydrogen-bond donors (Lipinski definition) is 2. The Kier molecular flexibility index (Phi) is 5.05. The zero-order chi connectivity index (χ0) is 18.1. The lowest BCUT2D eigenvalue weighted by molar-refractivity contribution is -0.294. The van der Waals surface area contributed by atoms with E-state index >= 15 is 0 Å². The van der Waals surface area contributed by atoms with E-state index in [4.69, 9.17) is 17.0 Å². The average Bonchev–Trinajstić information content (AvgIpc) is 2.87. The molecule has 0 bridgehead atoms. The van der Waals surface area contributed by atoms with E-state index in [9.17, 15) is 18.3 Å². The number of benzene rings is 1. The van der Waals surface area contributed by atoms with Gasteiger partial charge >= 0.3 is 6.18 Å². The van der Waals surface area contributed by atoms with Crippen molar-refractivity contribution in [3.8, 4) is 5.75 Å². The predicted octanol–water partition coefficient (Wildman–Crippen LogP) is 3.36. The second-order valence-electron chi connectivity index (χ2n) is 5.68. The van der Waals surface area contributed by atoms with Crippen molar-refractivity contribution in [2.24, 2.45) is 11.0 Å². The number of anilines is 1. The van der Waals surface area contributed by atoms with Crippen molar-refractivity contribution >= 4 is 28.7 Å². The van der Waals surface area contributed by atoms with Crippen LogP contribution in [0.1, 0.15) is 20.3 Å². The molecular formula is C15H18F3N3O2S. The van der Waals surface area contributed by atoms with Gasteiger partial charge in [-0.1, -0.05) is 26.0 Å². The number of aliphatic hydroxyl groups is 1. The number of halogens is 3. The summed E-state index contributed by atoms with van der Waals surface area (Å²) in [6.45, 7) is 3.41. The van der Waals surface area contributed by atoms with Gasteiger partial charge in [-0.15, -0.1) is 0 Å². The lowest BCUT2D eigenvalue weighted by Crippen LogP contribution is -2.57. The maximum absolute atomic E-state index is 13.4. The van der Waals surface area contributed by atoms with Gasteiger partial charge in [0.2, 0.25) is 0 Å². The van der Waals surface area contributed by atoms with Crippen LogP contribution in [-0.2, 0) is 0 Å². The van der Waals surface area contributed by atoms with Gasteiger partial charge in [-0.05, 0) is 30.3 Å². The molecule has 9 heteroatoms. The molecule has 2 N–H and O–H groups in total. The van der Waals surface area contributed by atoms with E-state index in [0.717, 1.165) is 0 Å². The van der Waals surface area contributed by atoms with Gasteiger partial charge < -0.3 is 15.2 Å². The van der Waals surface area contributed by atoms with Crippen LogP contribution in [0.15, 0.2) is 29.4 Å². The summed E-state index contributed by atoms with van der Waals surface area (Å²) in [7, 11) is 1.43. The molecule has 1 aliphatic rings. The number of ether oxygens (including phenoxy) is 1. The van der Waals surface area contributed by atoms with Crippen LogP contribution in [0.4, 0.5) is 18.9 Å². The van der Waals surface area contributed by atoms with Crippen molar-refractivity contribution in [2.45, 2.75) is 32.2 Å². The third-order valence-electron chi connectivity index (χ3n) is 3.67. The zero-order valence-electron chi connectivity index (χ0n) is 13.4. The SMILES string of the molecule is COc1ccccc1NC(=S)N1N=C(C(C)C)CC1(O)C(F)(F)F. The second kappa shape index (κ2) is 6.56. The monoisotopic (exact) mass is 361 g/mol. The fourth-order valence-electron chi connectivity index (χ4n) is 2.24. The van der Waals surface area contributed by atoms with E-state index in [1.165, 1.54) is 7.11 Å². The standard InChI is InChI=1S/C15H18F3N3O2S/c1-9(2)11-8-14(22,15(16,17)18)21(20-11)13(24)19-10-6-4-5-7-12(10)23-3/h4-7,9,22H,8H2,1-3H3,(H,19,24). The Morgan fingerprint density at radius 3 is 2.58 bits per heavy atom. The molecule has 5 nitrogen and oxygen atoms in total. The average molecular weight is 361 g/mol. The van der Waals surface area contributed by atoms with Crippen molar-refractivity contribution in [3.05, 3.63) is 24.3 Å². The Bertz CT molecular complexity index is 664. The molecule has 0 saturated carbocycles. The number of methoxy groups -OCH3 is 1. The van der Waals surface area contributed by atoms with Gasteiger partial charge in [0.15, 0.2) is 5.11 Å². The molecule has 132 valence electrons. The summed E-state index contributed by atoms with van der Waals surface area (Å²) in [4.78, 5) is 0. The Morgan fingerprint density at radius 2 is 2.04 bits per heavy atom. The molecule has 2 rings (SSSR count). The lowest BCUT2D eigenvalue weighted by Gasteiger charge is -2.34. The molecule has 0 saturated heterocycles. The van der Waals surface area contributed by atoms with Gasteiger partial charge in [-0.25, -0.2) is 0 Å². The predicted molar refractivity (Wildman–Crippen MR) is 88.9 cm³/mol. The number of para-hydroxylation sites is 2. The fourth-order valence-corrected chi connectivity index (χ4v) is 2.55. The van der Waals surface area contributed by atoms with Crippen LogP contribution in [0.3, 0.4) is 0 Å². The molecule has 0 fully saturated rings. The van der Waals surface area contributed by atoms with E-state index < -0.39 is 18.3 Å². The van der Waals surface area contributed by atoms with Crippen LogP contribution in [0.2, 0.25) is 0 Å². The van der Waals surface area contributed by atoms with Crippen LogP contribution in [0, 0.1) is 5.92 Å². The van der Waals surface area contributed by atoms with Crippen molar-refractivity contribution in [3.63, 3.8) is 0 Å². The molecule has 1 aromatic carbocycles. The highest BCUT2D eigenvalue weighted by atomic mass is 32.1. The molecule has 0 aliphatic carbocycles. The number of thiocarbonyl (C=S) groups is 1. The first-order chi connectivity index (χ1) is 11.1. The number of nitrogens with one attached hydrogen (secondary N) is 1. The summed E-state index contributed by atoms with van der Waals surface area (Å²) in [5.74, 6) is 0.153. The molecule has 1 aromatic rings. The normalized spacial score (nSPS) is 21.0. The molecule has 24 heavy (non-hydrogen) atoms. The number of alkyl halides is 3. The zero-order valence-corrected chi connectivity index (χ0v) is 14.2. The van der Waals surface area contributed by atoms with E-state index in [2.05, 4.69) is 10.4 Å². The van der Waals surface area contributed by atoms with Crippen LogP contribution in [0.5, 0.6) is 5.75 Å². The molecule has 1 unspecified atom stereocenters. The third-order valence-corrected chi connectivity index (χ3v) is 3.94. The maximum Gasteiger partial charge on any atom is 0.438 e. The summed E-state index contributed by atoms with van der Waals surface area (Å²) < 4.78 is 45.3. The van der Waals surface area contributed by atoms with Crippen LogP contribution < -0.4 is 10.1 Å². The summed E-state index contributed by atoms with van der Waals surface area (Å²) in [6, 6.07) is 6.62. The lowest BCUT2D eigenvalue weighted by atomic mass is 9.99. The summed E-state index contributed by atoms with van der Waals surface area (Å²) in [5.41, 5.74) is -2.57. The van der Waals surface area contributed by atoms with E-state index in [-0.39, 0.29) is 16.7 Å². The minimum absolute atomic E-state index is 0.221. The number of hydrazone groups is 1. The second-order valence-corrected chi connectivity index (χ2v) is 6.07. The third kappa shape index (κ3) is 3.32. The highest BCUT2D eigenvalue weighted by Gasteiger charge is 2.62. The van der Waals surface area contributed by atoms with E-state index in [1.807, 2.05) is 0 Å². The molecule has 0 amide bonds. The molecule has 1 atom stereocenters. The highest BCUT2D eigenvalue weighted by molar-refractivity contribution is 7.80. The highest BCUT2D eigenvalue weighted by Crippen LogP contribution is 2.41. The van der Waals surface area contributed by atoms with E-state index in [0.29, 0.717) is 16.4 Å². The van der Waals surface area contributed by atoms with Gasteiger partial charge in [0, 0.05) is 12.1 Å². The first kappa shape index (κ1) is 18.5. The molecule has 0 spiro atoms. The minimum atomic E-state index is -4.92. The Labute approximate surface area is 143 Å². The Balaban J connectivity index is 2.34. The largest absolute Gasteiger partial charge is 0.495 e. The topological polar surface area (TPSA) is 57.1 Å². The molecule has 0 aromatic heterocycles. The molecule has 0 radical (unpaired) electrons. The number of rotatable bonds is 3. The van der Waals surface area contributed by atoms with Crippen molar-refractivity contribution in [1.82, 2.24) is 5.01 Å². The summed E-state index contributed by atoms with van der Waals surface area (Å²) in [6.07, 6.45) is -5.57. The smallest absolute Gasteiger partial charge is 0.438 e. The first-order valence-corrected chi connectivity index (χ1v) is 7.61. The Hall–Kier alpha value is -1.87. The van der Waals surface area contributed by atoms with Crippen LogP contribution in [0.25, 0.3) is 0 Å². The molecule has 1 heterocycles. The number of hydrogen-bond acceptors (Lipinski definition) is 4. The van der Waals surface area contributed by atoms with Gasteiger partial charge in [-0.3, -0.25) is 0 Å². The molecular weight excluding hydrogens is 343 g/mol. The summed E-state index contributed by atoms with van der Waals surface area (Å²) in [5, 5.41) is 16.8. The fraction of sp³-hybridized carbons (Fsp3) is 0.467. The van der Waals surface area contributed by atoms with Crippen molar-refractivity contribution < 1.29 is 23.0 Å². The number of nitrogens with zero attached hydrogens (tertiary/aromatic N) is 2. The first-order valence-electron chi connectivity index (χ1n) is 7.21. The minimum Gasteiger partial charge on any atom is -0.495 e. The van der Waals surface area contributed by atoms with Gasteiger partial charge in [-0.2, -0.15) is 23.3 Å².